The third-order valence-corrected chi connectivity index (χ3v) is 5.40. The van der Waals surface area contributed by atoms with E-state index in [2.05, 4.69) is 37.2 Å². The lowest BCUT2D eigenvalue weighted by Crippen LogP contribution is -2.56. The molecule has 0 radical (unpaired) electrons. The van der Waals surface area contributed by atoms with Gasteiger partial charge >= 0.3 is 5.97 Å². The van der Waals surface area contributed by atoms with Gasteiger partial charge < -0.3 is 48.1 Å². The minimum Gasteiger partial charge on any atom is -0.480 e. The Morgan fingerprint density at radius 3 is 1.33 bits per heavy atom. The maximum Gasteiger partial charge on any atom is 0.326 e. The van der Waals surface area contributed by atoms with Crippen LogP contribution in [0, 0.1) is 11.8 Å². The smallest absolute Gasteiger partial charge is 0.326 e. The van der Waals surface area contributed by atoms with Crippen molar-refractivity contribution in [1.82, 2.24) is 37.2 Å². The second-order valence-electron chi connectivity index (χ2n) is 10.3. The summed E-state index contributed by atoms with van der Waals surface area (Å²) < 4.78 is 0. The monoisotopic (exact) mass is 600 g/mol. The van der Waals surface area contributed by atoms with Crippen LogP contribution in [0.25, 0.3) is 0 Å². The van der Waals surface area contributed by atoms with Crippen molar-refractivity contribution in [3.63, 3.8) is 0 Å². The fourth-order valence-electron chi connectivity index (χ4n) is 3.30. The Labute approximate surface area is 244 Å². The fourth-order valence-corrected chi connectivity index (χ4v) is 3.30. The number of carbonyl (C=O) groups is 8. The van der Waals surface area contributed by atoms with Crippen molar-refractivity contribution in [1.29, 1.82) is 0 Å². The molecule has 42 heavy (non-hydrogen) atoms. The van der Waals surface area contributed by atoms with E-state index in [0.717, 1.165) is 0 Å². The molecule has 0 fully saturated rings. The first-order valence-electron chi connectivity index (χ1n) is 13.4. The zero-order valence-corrected chi connectivity index (χ0v) is 24.6. The summed E-state index contributed by atoms with van der Waals surface area (Å²) >= 11 is 0. The van der Waals surface area contributed by atoms with Gasteiger partial charge in [0.2, 0.25) is 41.4 Å². The highest BCUT2D eigenvalue weighted by atomic mass is 16.4. The number of hydrogen-bond donors (Lipinski definition) is 9. The number of amides is 7. The highest BCUT2D eigenvalue weighted by molar-refractivity contribution is 5.94. The average molecular weight is 601 g/mol. The molecule has 238 valence electrons. The van der Waals surface area contributed by atoms with E-state index >= 15 is 0 Å². The SMILES string of the molecule is CC(C)C[C@H](NC(=O)[C@H](CC(C)C)NC(=O)[C@H](C)NC(=O)CNC(=O)CNC(=O)CNC(=O)CNC(=O)CN)C(=O)O. The largest absolute Gasteiger partial charge is 0.480 e. The molecule has 0 aromatic heterocycles. The molecule has 7 amide bonds. The van der Waals surface area contributed by atoms with Crippen molar-refractivity contribution in [2.24, 2.45) is 17.6 Å². The zero-order chi connectivity index (χ0) is 32.4. The van der Waals surface area contributed by atoms with E-state index in [4.69, 9.17) is 5.73 Å². The summed E-state index contributed by atoms with van der Waals surface area (Å²) in [4.78, 5) is 95.4. The van der Waals surface area contributed by atoms with Crippen molar-refractivity contribution in [3.8, 4) is 0 Å². The summed E-state index contributed by atoms with van der Waals surface area (Å²) in [5.41, 5.74) is 5.08. The molecule has 3 atom stereocenters. The van der Waals surface area contributed by atoms with Gasteiger partial charge in [-0.05, 0) is 31.6 Å². The molecule has 0 rings (SSSR count). The Balaban J connectivity index is 4.65. The average Bonchev–Trinajstić information content (AvgIpc) is 2.90. The molecule has 0 saturated carbocycles. The predicted molar refractivity (Wildman–Crippen MR) is 149 cm³/mol. The van der Waals surface area contributed by atoms with E-state index in [9.17, 15) is 43.5 Å². The molecule has 0 aromatic carbocycles. The first-order chi connectivity index (χ1) is 19.5. The minimum absolute atomic E-state index is 0.00710. The number of aliphatic carboxylic acids is 1. The number of rotatable bonds is 19. The van der Waals surface area contributed by atoms with Gasteiger partial charge in [0.15, 0.2) is 0 Å². The molecular formula is C25H44N8O9. The van der Waals surface area contributed by atoms with Crippen LogP contribution in [-0.2, 0) is 38.4 Å². The second kappa shape index (κ2) is 19.7. The molecule has 17 heteroatoms. The Morgan fingerprint density at radius 2 is 0.929 bits per heavy atom. The fraction of sp³-hybridized carbons (Fsp3) is 0.680. The molecule has 0 bridgehead atoms. The van der Waals surface area contributed by atoms with Crippen LogP contribution in [0.15, 0.2) is 0 Å². The molecule has 0 aliphatic heterocycles. The number of carbonyl (C=O) groups excluding carboxylic acids is 7. The van der Waals surface area contributed by atoms with E-state index in [0.29, 0.717) is 0 Å². The molecular weight excluding hydrogens is 556 g/mol. The van der Waals surface area contributed by atoms with Crippen LogP contribution < -0.4 is 43.0 Å². The summed E-state index contributed by atoms with van der Waals surface area (Å²) in [6.45, 7) is 6.52. The van der Waals surface area contributed by atoms with Crippen LogP contribution in [-0.4, -0.2) is 103 Å². The van der Waals surface area contributed by atoms with Gasteiger partial charge in [-0.3, -0.25) is 33.6 Å². The summed E-state index contributed by atoms with van der Waals surface area (Å²) in [5.74, 6) is -5.88. The number of hydrogen-bond acceptors (Lipinski definition) is 9. The Morgan fingerprint density at radius 1 is 0.548 bits per heavy atom. The molecule has 10 N–H and O–H groups in total. The van der Waals surface area contributed by atoms with Gasteiger partial charge in [-0.1, -0.05) is 27.7 Å². The first-order valence-corrected chi connectivity index (χ1v) is 13.4. The third-order valence-electron chi connectivity index (χ3n) is 5.40. The molecule has 0 unspecified atom stereocenters. The lowest BCUT2D eigenvalue weighted by Gasteiger charge is -2.25. The third kappa shape index (κ3) is 17.4. The van der Waals surface area contributed by atoms with E-state index in [1.165, 1.54) is 6.92 Å². The lowest BCUT2D eigenvalue weighted by molar-refractivity contribution is -0.143. The highest BCUT2D eigenvalue weighted by Gasteiger charge is 2.29. The van der Waals surface area contributed by atoms with Gasteiger partial charge in [0.25, 0.3) is 0 Å². The highest BCUT2D eigenvalue weighted by Crippen LogP contribution is 2.09. The quantitative estimate of drug-likeness (QED) is 0.0694. The number of nitrogens with two attached hydrogens (primary N) is 1. The van der Waals surface area contributed by atoms with Crippen molar-refractivity contribution in [3.05, 3.63) is 0 Å². The Hall–Kier alpha value is -4.28. The zero-order valence-electron chi connectivity index (χ0n) is 24.6. The maximum atomic E-state index is 12.8. The van der Waals surface area contributed by atoms with Crippen LogP contribution in [0.1, 0.15) is 47.5 Å². The molecule has 0 aliphatic rings. The van der Waals surface area contributed by atoms with Crippen molar-refractivity contribution < 1.29 is 43.5 Å². The number of carboxylic acid groups (broad SMARTS) is 1. The van der Waals surface area contributed by atoms with Gasteiger partial charge in [0.05, 0.1) is 32.7 Å². The van der Waals surface area contributed by atoms with Crippen LogP contribution in [0.4, 0.5) is 0 Å². The molecule has 0 spiro atoms. The van der Waals surface area contributed by atoms with Crippen molar-refractivity contribution in [2.45, 2.75) is 65.6 Å². The Bertz CT molecular complexity index is 987. The lowest BCUT2D eigenvalue weighted by atomic mass is 10.0. The predicted octanol–water partition coefficient (Wildman–Crippen LogP) is -3.94. The van der Waals surface area contributed by atoms with Gasteiger partial charge in [-0.2, -0.15) is 0 Å². The van der Waals surface area contributed by atoms with E-state index < -0.39 is 85.1 Å². The van der Waals surface area contributed by atoms with Gasteiger partial charge in [-0.25, -0.2) is 4.79 Å². The summed E-state index contributed by atoms with van der Waals surface area (Å²) in [5, 5.41) is 25.7. The van der Waals surface area contributed by atoms with Crippen LogP contribution >= 0.6 is 0 Å². The van der Waals surface area contributed by atoms with Crippen molar-refractivity contribution >= 4 is 47.3 Å². The maximum absolute atomic E-state index is 12.8. The summed E-state index contributed by atoms with van der Waals surface area (Å²) in [6.07, 6.45) is 0.431. The molecule has 0 aliphatic carbocycles. The number of nitrogens with one attached hydrogen (secondary N) is 7. The first kappa shape index (κ1) is 37.7. The van der Waals surface area contributed by atoms with Gasteiger partial charge in [0, 0.05) is 0 Å². The molecule has 17 nitrogen and oxygen atoms in total. The molecule has 0 saturated heterocycles. The normalized spacial score (nSPS) is 12.8. The molecule has 0 heterocycles. The van der Waals surface area contributed by atoms with Crippen molar-refractivity contribution in [2.75, 3.05) is 32.7 Å². The topological polar surface area (TPSA) is 267 Å². The van der Waals surface area contributed by atoms with Crippen LogP contribution in [0.5, 0.6) is 0 Å². The van der Waals surface area contributed by atoms with Crippen LogP contribution in [0.2, 0.25) is 0 Å². The van der Waals surface area contributed by atoms with Crippen LogP contribution in [0.3, 0.4) is 0 Å². The number of carboxylic acids is 1. The molecule has 0 aromatic rings. The Kier molecular flexibility index (Phi) is 17.7. The van der Waals surface area contributed by atoms with Gasteiger partial charge in [-0.15, -0.1) is 0 Å². The second-order valence-corrected chi connectivity index (χ2v) is 10.3. The summed E-state index contributed by atoms with van der Waals surface area (Å²) in [7, 11) is 0. The standard InChI is InChI=1S/C25H44N8O9/c1-13(2)6-16(24(40)33-17(25(41)42)7-14(3)4)32-23(39)15(5)31-22(38)12-30-21(37)11-29-20(36)10-28-19(35)9-27-18(34)8-26/h13-17H,6-12,26H2,1-5H3,(H,27,34)(H,28,35)(H,29,36)(H,30,37)(H,31,38)(H,32,39)(H,33,40)(H,41,42)/t15-,16-,17-/m0/s1. The van der Waals surface area contributed by atoms with E-state index in [-0.39, 0.29) is 37.8 Å². The minimum atomic E-state index is -1.19. The van der Waals surface area contributed by atoms with Gasteiger partial charge in [0.1, 0.15) is 18.1 Å². The van der Waals surface area contributed by atoms with E-state index in [1.54, 1.807) is 0 Å². The van der Waals surface area contributed by atoms with E-state index in [1.807, 2.05) is 27.7 Å². The summed E-state index contributed by atoms with van der Waals surface area (Å²) in [6, 6.07) is -3.26.